The summed E-state index contributed by atoms with van der Waals surface area (Å²) < 4.78 is 22.3. The fraction of sp³-hybridized carbons (Fsp3) is 0.227. The predicted octanol–water partition coefficient (Wildman–Crippen LogP) is 4.66. The molecule has 0 N–H and O–H groups in total. The number of nitrogens with zero attached hydrogens (tertiary/aromatic N) is 1. The molecule has 2 aromatic rings. The van der Waals surface area contributed by atoms with E-state index in [2.05, 4.69) is 22.6 Å². The van der Waals surface area contributed by atoms with Gasteiger partial charge in [-0.1, -0.05) is 24.0 Å². The second-order valence-electron chi connectivity index (χ2n) is 6.34. The summed E-state index contributed by atoms with van der Waals surface area (Å²) in [6.45, 7) is 1.79. The van der Waals surface area contributed by atoms with Crippen LogP contribution in [0.3, 0.4) is 0 Å². The van der Waals surface area contributed by atoms with Crippen LogP contribution in [0.15, 0.2) is 41.3 Å². The number of benzene rings is 2. The van der Waals surface area contributed by atoms with Gasteiger partial charge in [-0.15, -0.1) is 0 Å². The van der Waals surface area contributed by atoms with Gasteiger partial charge in [0.2, 0.25) is 0 Å². The lowest BCUT2D eigenvalue weighted by Gasteiger charge is -2.15. The monoisotopic (exact) mass is 585 g/mol. The first-order valence-electron chi connectivity index (χ1n) is 9.45. The average molecular weight is 585 g/mol. The van der Waals surface area contributed by atoms with Crippen LogP contribution in [0.1, 0.15) is 12.5 Å². The number of anilines is 1. The van der Waals surface area contributed by atoms with Crippen molar-refractivity contribution in [2.24, 2.45) is 0 Å². The number of thioether (sulfide) groups is 1. The summed E-state index contributed by atoms with van der Waals surface area (Å²) in [5, 5.41) is 0. The summed E-state index contributed by atoms with van der Waals surface area (Å²) in [7, 11) is 3.09. The van der Waals surface area contributed by atoms with E-state index in [1.54, 1.807) is 50.4 Å². The molecule has 2 aromatic carbocycles. The van der Waals surface area contributed by atoms with Crippen molar-refractivity contribution in [3.8, 4) is 17.2 Å². The van der Waals surface area contributed by atoms with Crippen LogP contribution in [0.5, 0.6) is 17.2 Å². The third kappa shape index (κ3) is 5.54. The molecular formula is C22H20INO6S2. The number of hydrogen-bond acceptors (Lipinski definition) is 8. The second kappa shape index (κ2) is 11.0. The van der Waals surface area contributed by atoms with E-state index in [0.29, 0.717) is 32.2 Å². The maximum atomic E-state index is 13.0. The number of thiocarbonyl (C=S) groups is 1. The lowest BCUT2D eigenvalue weighted by Crippen LogP contribution is -2.27. The molecule has 7 nitrogen and oxygen atoms in total. The number of ether oxygens (including phenoxy) is 4. The summed E-state index contributed by atoms with van der Waals surface area (Å²) >= 11 is 8.75. The number of rotatable bonds is 8. The Bertz CT molecular complexity index is 1070. The van der Waals surface area contributed by atoms with E-state index in [-0.39, 0.29) is 19.1 Å². The maximum Gasteiger partial charge on any atom is 0.344 e. The summed E-state index contributed by atoms with van der Waals surface area (Å²) in [4.78, 5) is 26.6. The molecule has 10 heteroatoms. The largest absolute Gasteiger partial charge is 0.497 e. The van der Waals surface area contributed by atoms with Crippen LogP contribution in [0.25, 0.3) is 6.08 Å². The van der Waals surface area contributed by atoms with Crippen LogP contribution in [-0.4, -0.2) is 43.6 Å². The zero-order chi connectivity index (χ0) is 23.3. The molecule has 0 aromatic heterocycles. The predicted molar refractivity (Wildman–Crippen MR) is 136 cm³/mol. The molecule has 0 aliphatic carbocycles. The van der Waals surface area contributed by atoms with E-state index in [0.717, 1.165) is 9.13 Å². The SMILES string of the molecule is CCOC(=O)COc1c(I)cc(/C=C2\SC(=S)N(c3ccc(OC)cc3)C2=O)cc1OC. The Kier molecular flexibility index (Phi) is 8.38. The molecule has 0 saturated carbocycles. The van der Waals surface area contributed by atoms with Crippen molar-refractivity contribution in [3.05, 3.63) is 50.4 Å². The summed E-state index contributed by atoms with van der Waals surface area (Å²) in [6, 6.07) is 10.7. The number of carbonyl (C=O) groups is 2. The van der Waals surface area contributed by atoms with Gasteiger partial charge >= 0.3 is 5.97 Å². The lowest BCUT2D eigenvalue weighted by atomic mass is 10.1. The Morgan fingerprint density at radius 2 is 1.91 bits per heavy atom. The normalized spacial score (nSPS) is 14.6. The van der Waals surface area contributed by atoms with E-state index >= 15 is 0 Å². The second-order valence-corrected chi connectivity index (χ2v) is 9.18. The Morgan fingerprint density at radius 1 is 1.19 bits per heavy atom. The van der Waals surface area contributed by atoms with Crippen molar-refractivity contribution in [1.29, 1.82) is 0 Å². The number of halogens is 1. The van der Waals surface area contributed by atoms with Crippen LogP contribution in [-0.2, 0) is 14.3 Å². The molecule has 1 amide bonds. The van der Waals surface area contributed by atoms with Crippen LogP contribution >= 0.6 is 46.6 Å². The summed E-state index contributed by atoms with van der Waals surface area (Å²) in [5.74, 6) is 0.905. The van der Waals surface area contributed by atoms with Crippen molar-refractivity contribution in [2.45, 2.75) is 6.92 Å². The molecule has 0 radical (unpaired) electrons. The van der Waals surface area contributed by atoms with Gasteiger partial charge in [-0.3, -0.25) is 9.69 Å². The zero-order valence-corrected chi connectivity index (χ0v) is 21.3. The van der Waals surface area contributed by atoms with Crippen molar-refractivity contribution in [2.75, 3.05) is 32.3 Å². The topological polar surface area (TPSA) is 74.3 Å². The minimum absolute atomic E-state index is 0.207. The third-order valence-corrected chi connectivity index (χ3v) is 6.42. The first kappa shape index (κ1) is 24.3. The maximum absolute atomic E-state index is 13.0. The van der Waals surface area contributed by atoms with Gasteiger partial charge in [0.25, 0.3) is 5.91 Å². The van der Waals surface area contributed by atoms with Gasteiger partial charge in [-0.05, 0) is 77.6 Å². The molecule has 3 rings (SSSR count). The minimum Gasteiger partial charge on any atom is -0.497 e. The molecule has 0 spiro atoms. The van der Waals surface area contributed by atoms with Crippen molar-refractivity contribution >= 4 is 74.5 Å². The molecule has 0 bridgehead atoms. The van der Waals surface area contributed by atoms with E-state index in [4.69, 9.17) is 31.2 Å². The summed E-state index contributed by atoms with van der Waals surface area (Å²) in [5.41, 5.74) is 1.41. The van der Waals surface area contributed by atoms with Gasteiger partial charge in [0, 0.05) is 0 Å². The van der Waals surface area contributed by atoms with E-state index in [9.17, 15) is 9.59 Å². The molecule has 168 valence electrons. The molecular weight excluding hydrogens is 565 g/mol. The van der Waals surface area contributed by atoms with Gasteiger partial charge in [-0.25, -0.2) is 4.79 Å². The highest BCUT2D eigenvalue weighted by molar-refractivity contribution is 14.1. The fourth-order valence-corrected chi connectivity index (χ4v) is 4.95. The van der Waals surface area contributed by atoms with Crippen LogP contribution in [0.2, 0.25) is 0 Å². The highest BCUT2D eigenvalue weighted by Gasteiger charge is 2.33. The number of hydrogen-bond donors (Lipinski definition) is 0. The standard InChI is InChI=1S/C22H20INO6S2/c1-4-29-19(25)12-30-20-16(23)9-13(10-17(20)28-3)11-18-21(26)24(22(31)32-18)14-5-7-15(27-2)8-6-14/h5-11H,4,12H2,1-3H3/b18-11-. The first-order chi connectivity index (χ1) is 15.4. The molecule has 1 saturated heterocycles. The molecule has 1 aliphatic heterocycles. The molecule has 32 heavy (non-hydrogen) atoms. The van der Waals surface area contributed by atoms with Crippen molar-refractivity contribution in [3.63, 3.8) is 0 Å². The van der Waals surface area contributed by atoms with Gasteiger partial charge in [0.15, 0.2) is 22.4 Å². The van der Waals surface area contributed by atoms with Gasteiger partial charge in [-0.2, -0.15) is 0 Å². The van der Waals surface area contributed by atoms with Crippen LogP contribution in [0, 0.1) is 3.57 Å². The Balaban J connectivity index is 1.84. The highest BCUT2D eigenvalue weighted by atomic mass is 127. The molecule has 1 fully saturated rings. The third-order valence-electron chi connectivity index (χ3n) is 4.31. The molecule has 0 atom stereocenters. The Labute approximate surface area is 209 Å². The van der Waals surface area contributed by atoms with Crippen LogP contribution < -0.4 is 19.1 Å². The van der Waals surface area contributed by atoms with Crippen molar-refractivity contribution in [1.82, 2.24) is 0 Å². The summed E-state index contributed by atoms with van der Waals surface area (Å²) in [6.07, 6.45) is 1.75. The fourth-order valence-electron chi connectivity index (χ4n) is 2.87. The van der Waals surface area contributed by atoms with Crippen molar-refractivity contribution < 1.29 is 28.5 Å². The van der Waals surface area contributed by atoms with Gasteiger partial charge in [0.05, 0.1) is 35.0 Å². The number of methoxy groups -OCH3 is 2. The molecule has 1 heterocycles. The quantitative estimate of drug-likeness (QED) is 0.192. The number of amides is 1. The highest BCUT2D eigenvalue weighted by Crippen LogP contribution is 2.39. The van der Waals surface area contributed by atoms with Crippen LogP contribution in [0.4, 0.5) is 5.69 Å². The Morgan fingerprint density at radius 3 is 2.53 bits per heavy atom. The average Bonchev–Trinajstić information content (AvgIpc) is 3.05. The van der Waals surface area contributed by atoms with E-state index < -0.39 is 5.97 Å². The lowest BCUT2D eigenvalue weighted by molar-refractivity contribution is -0.145. The Hall–Kier alpha value is -2.31. The molecule has 0 unspecified atom stereocenters. The number of carbonyl (C=O) groups excluding carboxylic acids is 2. The first-order valence-corrected chi connectivity index (χ1v) is 11.8. The van der Waals surface area contributed by atoms with E-state index in [1.165, 1.54) is 23.8 Å². The zero-order valence-electron chi connectivity index (χ0n) is 17.5. The smallest absolute Gasteiger partial charge is 0.344 e. The minimum atomic E-state index is -0.461. The van der Waals surface area contributed by atoms with Gasteiger partial charge in [0.1, 0.15) is 5.75 Å². The number of esters is 1. The van der Waals surface area contributed by atoms with E-state index in [1.807, 2.05) is 6.07 Å². The van der Waals surface area contributed by atoms with Gasteiger partial charge < -0.3 is 18.9 Å². The molecule has 1 aliphatic rings.